The number of ether oxygens (including phenoxy) is 2. The molecule has 2 rings (SSSR count). The van der Waals surface area contributed by atoms with Crippen LogP contribution in [0.4, 0.5) is 11.4 Å². The van der Waals surface area contributed by atoms with Crippen LogP contribution in [0.5, 0.6) is 11.5 Å². The average Bonchev–Trinajstić information content (AvgIpc) is 2.79. The van der Waals surface area contributed by atoms with E-state index in [1.807, 2.05) is 0 Å². The highest BCUT2D eigenvalue weighted by molar-refractivity contribution is 8.22. The molecule has 0 fully saturated rings. The molecule has 12 nitrogen and oxygen atoms in total. The van der Waals surface area contributed by atoms with Crippen molar-refractivity contribution >= 4 is 41.1 Å². The van der Waals surface area contributed by atoms with Gasteiger partial charge in [0.1, 0.15) is 23.6 Å². The maximum atomic E-state index is 12.5. The third-order valence-electron chi connectivity index (χ3n) is 3.84. The van der Waals surface area contributed by atoms with Gasteiger partial charge in [-0.05, 0) is 48.5 Å². The maximum absolute atomic E-state index is 12.5. The molecule has 0 aliphatic heterocycles. The fraction of sp³-hybridized carbons (Fsp3) is 0.158. The Balaban J connectivity index is 2.20. The zero-order valence-corrected chi connectivity index (χ0v) is 19.0. The van der Waals surface area contributed by atoms with Gasteiger partial charge in [-0.2, -0.15) is 20.7 Å². The summed E-state index contributed by atoms with van der Waals surface area (Å²) in [4.78, 5) is 0. The molecule has 14 heteroatoms. The van der Waals surface area contributed by atoms with E-state index in [4.69, 9.17) is 9.47 Å². The molecule has 0 bridgehead atoms. The van der Waals surface area contributed by atoms with E-state index in [1.54, 1.807) is 24.3 Å². The number of methoxy groups -OCH3 is 2. The summed E-state index contributed by atoms with van der Waals surface area (Å²) >= 11 is 0. The van der Waals surface area contributed by atoms with Gasteiger partial charge >= 0.3 is 0 Å². The van der Waals surface area contributed by atoms with Gasteiger partial charge in [0.15, 0.2) is 5.08 Å². The first-order valence-corrected chi connectivity index (χ1v) is 12.2. The molecule has 2 aromatic carbocycles. The van der Waals surface area contributed by atoms with Crippen molar-refractivity contribution in [1.82, 2.24) is 0 Å². The minimum absolute atomic E-state index is 0.324. The maximum Gasteiger partial charge on any atom is 0.252 e. The molecule has 0 radical (unpaired) electrons. The van der Waals surface area contributed by atoms with Crippen molar-refractivity contribution in [3.05, 3.63) is 48.5 Å². The lowest BCUT2D eigenvalue weighted by Gasteiger charge is -2.06. The Morgan fingerprint density at radius 1 is 0.758 bits per heavy atom. The molecule has 0 unspecified atom stereocenters. The van der Waals surface area contributed by atoms with Gasteiger partial charge in [0.2, 0.25) is 19.7 Å². The van der Waals surface area contributed by atoms with Crippen LogP contribution in [0.2, 0.25) is 0 Å². The standard InChI is InChI=1S/C19H18N6O6S2/c1-30-16-7-3-14(4-8-16)22-24-18(11-20)32(26,27)13-33(28,29)19(12-21)25-23-15-5-9-17(31-2)10-6-15/h3-10,22-23H,13H2,1-2H3/b24-18-,25-19-. The molecule has 0 aliphatic carbocycles. The van der Waals surface area contributed by atoms with Crippen LogP contribution < -0.4 is 20.3 Å². The third-order valence-corrected chi connectivity index (χ3v) is 7.87. The highest BCUT2D eigenvalue weighted by Crippen LogP contribution is 2.16. The molecule has 0 saturated heterocycles. The Bertz CT molecular complexity index is 1230. The Morgan fingerprint density at radius 2 is 1.09 bits per heavy atom. The van der Waals surface area contributed by atoms with E-state index in [0.717, 1.165) is 0 Å². The molecule has 0 aliphatic rings. The molecule has 0 atom stereocenters. The summed E-state index contributed by atoms with van der Waals surface area (Å²) in [6, 6.07) is 15.0. The summed E-state index contributed by atoms with van der Waals surface area (Å²) in [6.45, 7) is 0. The lowest BCUT2D eigenvalue weighted by atomic mass is 10.3. The third kappa shape index (κ3) is 6.93. The molecule has 2 N–H and O–H groups in total. The van der Waals surface area contributed by atoms with Crippen LogP contribution in [-0.4, -0.2) is 46.2 Å². The highest BCUT2D eigenvalue weighted by Gasteiger charge is 2.32. The number of hydrogen-bond acceptors (Lipinski definition) is 12. The van der Waals surface area contributed by atoms with Gasteiger partial charge in [0, 0.05) is 0 Å². The van der Waals surface area contributed by atoms with Crippen LogP contribution in [-0.2, 0) is 19.7 Å². The lowest BCUT2D eigenvalue weighted by molar-refractivity contribution is 0.415. The summed E-state index contributed by atoms with van der Waals surface area (Å²) in [7, 11) is -6.52. The van der Waals surface area contributed by atoms with Crippen LogP contribution in [0.3, 0.4) is 0 Å². The minimum atomic E-state index is -4.72. The van der Waals surface area contributed by atoms with Crippen molar-refractivity contribution in [1.29, 1.82) is 10.5 Å². The minimum Gasteiger partial charge on any atom is -0.497 e. The molecule has 0 spiro atoms. The fourth-order valence-corrected chi connectivity index (χ4v) is 5.38. The van der Waals surface area contributed by atoms with Crippen LogP contribution in [0, 0.1) is 22.7 Å². The summed E-state index contributed by atoms with van der Waals surface area (Å²) in [5.74, 6) is 1.07. The van der Waals surface area contributed by atoms with Gasteiger partial charge < -0.3 is 9.47 Å². The van der Waals surface area contributed by atoms with Crippen LogP contribution in [0.15, 0.2) is 58.7 Å². The Labute approximate surface area is 190 Å². The number of hydrogen-bond donors (Lipinski definition) is 2. The molecular formula is C19H18N6O6S2. The summed E-state index contributed by atoms with van der Waals surface area (Å²) < 4.78 is 59.9. The Hall–Kier alpha value is -4.14. The predicted octanol–water partition coefficient (Wildman–Crippen LogP) is 1.69. The van der Waals surface area contributed by atoms with Crippen molar-refractivity contribution < 1.29 is 26.3 Å². The van der Waals surface area contributed by atoms with E-state index >= 15 is 0 Å². The topological polar surface area (TPSA) is 183 Å². The quantitative estimate of drug-likeness (QED) is 0.313. The van der Waals surface area contributed by atoms with Crippen molar-refractivity contribution in [3.63, 3.8) is 0 Å². The molecule has 0 saturated carbocycles. The first-order chi connectivity index (χ1) is 15.6. The van der Waals surface area contributed by atoms with Gasteiger partial charge in [0.05, 0.1) is 25.6 Å². The van der Waals surface area contributed by atoms with E-state index < -0.39 is 34.8 Å². The first kappa shape index (κ1) is 25.1. The average molecular weight is 491 g/mol. The second-order valence-electron chi connectivity index (χ2n) is 6.09. The van der Waals surface area contributed by atoms with Gasteiger partial charge in [0.25, 0.3) is 10.1 Å². The number of nitriles is 2. The SMILES string of the molecule is COc1ccc(N/N=C(/C#N)S(=O)(=O)CS(=O)(=O)/C(C#N)=N\Nc2ccc(OC)cc2)cc1. The number of nitrogens with one attached hydrogen (secondary N) is 2. The van der Waals surface area contributed by atoms with Crippen LogP contribution in [0.25, 0.3) is 0 Å². The molecule has 2 aromatic rings. The highest BCUT2D eigenvalue weighted by atomic mass is 32.3. The number of sulfone groups is 2. The monoisotopic (exact) mass is 490 g/mol. The summed E-state index contributed by atoms with van der Waals surface area (Å²) in [5.41, 5.74) is 5.36. The number of nitrogens with zero attached hydrogens (tertiary/aromatic N) is 4. The molecule has 172 valence electrons. The number of benzene rings is 2. The number of rotatable bonds is 8. The van der Waals surface area contributed by atoms with E-state index in [2.05, 4.69) is 21.1 Å². The molecular weight excluding hydrogens is 472 g/mol. The van der Waals surface area contributed by atoms with Crippen molar-refractivity contribution in [3.8, 4) is 23.6 Å². The van der Waals surface area contributed by atoms with E-state index in [9.17, 15) is 27.4 Å². The van der Waals surface area contributed by atoms with E-state index in [-0.39, 0.29) is 0 Å². The second kappa shape index (κ2) is 10.9. The smallest absolute Gasteiger partial charge is 0.252 e. The van der Waals surface area contributed by atoms with Gasteiger partial charge in [-0.15, -0.1) is 0 Å². The van der Waals surface area contributed by atoms with Crippen molar-refractivity contribution in [2.45, 2.75) is 0 Å². The Kier molecular flexibility index (Phi) is 8.33. The van der Waals surface area contributed by atoms with Crippen LogP contribution in [0.1, 0.15) is 0 Å². The van der Waals surface area contributed by atoms with Gasteiger partial charge in [-0.1, -0.05) is 0 Å². The Morgan fingerprint density at radius 3 is 1.36 bits per heavy atom. The van der Waals surface area contributed by atoms with Crippen molar-refractivity contribution in [2.24, 2.45) is 10.2 Å². The van der Waals surface area contributed by atoms with Crippen molar-refractivity contribution in [2.75, 3.05) is 30.2 Å². The van der Waals surface area contributed by atoms with E-state index in [1.165, 1.54) is 50.6 Å². The molecule has 0 heterocycles. The fourth-order valence-electron chi connectivity index (χ4n) is 2.21. The summed E-state index contributed by atoms with van der Waals surface area (Å²) in [6.07, 6.45) is 0. The largest absolute Gasteiger partial charge is 0.497 e. The normalized spacial score (nSPS) is 12.2. The zero-order valence-electron chi connectivity index (χ0n) is 17.4. The summed E-state index contributed by atoms with van der Waals surface area (Å²) in [5, 5.41) is 21.6. The first-order valence-electron chi connectivity index (χ1n) is 8.86. The van der Waals surface area contributed by atoms with Gasteiger partial charge in [-0.3, -0.25) is 10.9 Å². The zero-order chi connectivity index (χ0) is 24.5. The predicted molar refractivity (Wildman–Crippen MR) is 122 cm³/mol. The number of hydrazone groups is 2. The molecule has 33 heavy (non-hydrogen) atoms. The van der Waals surface area contributed by atoms with Gasteiger partial charge in [-0.25, -0.2) is 16.8 Å². The molecule has 0 aromatic heterocycles. The van der Waals surface area contributed by atoms with E-state index in [0.29, 0.717) is 22.9 Å². The second-order valence-corrected chi connectivity index (χ2v) is 10.3. The molecule has 0 amide bonds. The lowest BCUT2D eigenvalue weighted by Crippen LogP contribution is -2.28. The number of anilines is 2. The van der Waals surface area contributed by atoms with Crippen LogP contribution >= 0.6 is 0 Å².